The van der Waals surface area contributed by atoms with Crippen LogP contribution in [-0.2, 0) is 19.0 Å². The lowest BCUT2D eigenvalue weighted by molar-refractivity contribution is -0.145. The summed E-state index contributed by atoms with van der Waals surface area (Å²) in [7, 11) is 1.62. The van der Waals surface area contributed by atoms with Crippen molar-refractivity contribution in [2.75, 3.05) is 33.5 Å². The summed E-state index contributed by atoms with van der Waals surface area (Å²) in [5, 5.41) is 0. The van der Waals surface area contributed by atoms with E-state index in [1.807, 2.05) is 6.92 Å². The van der Waals surface area contributed by atoms with Crippen LogP contribution in [0, 0.1) is 0 Å². The Kier molecular flexibility index (Phi) is 9.46. The maximum Gasteiger partial charge on any atom is 0.322 e. The monoisotopic (exact) mass is 219 g/mol. The molecule has 0 amide bonds. The van der Waals surface area contributed by atoms with E-state index in [1.165, 1.54) is 0 Å². The molecule has 0 heterocycles. The smallest absolute Gasteiger partial charge is 0.322 e. The van der Waals surface area contributed by atoms with Gasteiger partial charge in [-0.25, -0.2) is 0 Å². The molecular formula is C10H21NO4. The standard InChI is InChI=1S/C10H21NO4/c1-3-9(11)10(12)15-6-4-5-14-8-7-13-2/h9H,3-8,11H2,1-2H3/t9-/m0/s1. The Morgan fingerprint density at radius 3 is 2.60 bits per heavy atom. The Morgan fingerprint density at radius 1 is 1.27 bits per heavy atom. The van der Waals surface area contributed by atoms with Crippen molar-refractivity contribution >= 4 is 5.97 Å². The normalized spacial score (nSPS) is 12.5. The van der Waals surface area contributed by atoms with Crippen LogP contribution >= 0.6 is 0 Å². The highest BCUT2D eigenvalue weighted by atomic mass is 16.5. The summed E-state index contributed by atoms with van der Waals surface area (Å²) >= 11 is 0. The SMILES string of the molecule is CC[C@H](N)C(=O)OCCCOCCOC. The Morgan fingerprint density at radius 2 is 2.00 bits per heavy atom. The highest BCUT2D eigenvalue weighted by Gasteiger charge is 2.11. The molecule has 15 heavy (non-hydrogen) atoms. The van der Waals surface area contributed by atoms with Crippen molar-refractivity contribution in [1.29, 1.82) is 0 Å². The summed E-state index contributed by atoms with van der Waals surface area (Å²) in [6.45, 7) is 3.93. The summed E-state index contributed by atoms with van der Waals surface area (Å²) in [5.41, 5.74) is 5.47. The molecule has 0 aromatic carbocycles. The van der Waals surface area contributed by atoms with Gasteiger partial charge < -0.3 is 19.9 Å². The average Bonchev–Trinajstić information content (AvgIpc) is 2.26. The number of carbonyl (C=O) groups excluding carboxylic acids is 1. The van der Waals surface area contributed by atoms with Gasteiger partial charge in [0.05, 0.1) is 19.8 Å². The molecule has 0 aliphatic rings. The average molecular weight is 219 g/mol. The second kappa shape index (κ2) is 9.89. The molecule has 5 heteroatoms. The fourth-order valence-electron chi connectivity index (χ4n) is 0.852. The largest absolute Gasteiger partial charge is 0.464 e. The van der Waals surface area contributed by atoms with E-state index in [0.29, 0.717) is 39.3 Å². The van der Waals surface area contributed by atoms with Crippen LogP contribution in [0.3, 0.4) is 0 Å². The summed E-state index contributed by atoms with van der Waals surface area (Å²) in [4.78, 5) is 11.1. The third-order valence-electron chi connectivity index (χ3n) is 1.85. The van der Waals surface area contributed by atoms with E-state index in [1.54, 1.807) is 7.11 Å². The molecular weight excluding hydrogens is 198 g/mol. The number of hydrogen-bond donors (Lipinski definition) is 1. The van der Waals surface area contributed by atoms with E-state index in [4.69, 9.17) is 19.9 Å². The van der Waals surface area contributed by atoms with Gasteiger partial charge in [-0.3, -0.25) is 4.79 Å². The van der Waals surface area contributed by atoms with Crippen molar-refractivity contribution in [2.45, 2.75) is 25.8 Å². The second-order valence-electron chi connectivity index (χ2n) is 3.14. The Hall–Kier alpha value is -0.650. The number of methoxy groups -OCH3 is 1. The van der Waals surface area contributed by atoms with Crippen LogP contribution in [0.25, 0.3) is 0 Å². The molecule has 0 aromatic rings. The van der Waals surface area contributed by atoms with Crippen LogP contribution in [-0.4, -0.2) is 45.5 Å². The number of carbonyl (C=O) groups is 1. The zero-order valence-electron chi connectivity index (χ0n) is 9.53. The fourth-order valence-corrected chi connectivity index (χ4v) is 0.852. The first-order valence-corrected chi connectivity index (χ1v) is 5.21. The zero-order chi connectivity index (χ0) is 11.5. The summed E-state index contributed by atoms with van der Waals surface area (Å²) < 4.78 is 14.9. The molecule has 2 N–H and O–H groups in total. The predicted molar refractivity (Wildman–Crippen MR) is 56.5 cm³/mol. The number of hydrogen-bond acceptors (Lipinski definition) is 5. The first-order chi connectivity index (χ1) is 7.22. The van der Waals surface area contributed by atoms with Gasteiger partial charge in [0.1, 0.15) is 6.04 Å². The van der Waals surface area contributed by atoms with E-state index in [9.17, 15) is 4.79 Å². The molecule has 0 spiro atoms. The van der Waals surface area contributed by atoms with Gasteiger partial charge in [-0.1, -0.05) is 6.92 Å². The topological polar surface area (TPSA) is 70.8 Å². The number of esters is 1. The Bertz CT molecular complexity index is 164. The minimum absolute atomic E-state index is 0.339. The van der Waals surface area contributed by atoms with Gasteiger partial charge in [0.2, 0.25) is 0 Å². The van der Waals surface area contributed by atoms with E-state index in [-0.39, 0.29) is 5.97 Å². The van der Waals surface area contributed by atoms with Gasteiger partial charge in [-0.15, -0.1) is 0 Å². The third kappa shape index (κ3) is 8.35. The van der Waals surface area contributed by atoms with Gasteiger partial charge >= 0.3 is 5.97 Å². The second-order valence-corrected chi connectivity index (χ2v) is 3.14. The lowest BCUT2D eigenvalue weighted by Crippen LogP contribution is -2.31. The molecule has 0 radical (unpaired) electrons. The zero-order valence-corrected chi connectivity index (χ0v) is 9.53. The molecule has 0 aromatic heterocycles. The number of nitrogens with two attached hydrogens (primary N) is 1. The van der Waals surface area contributed by atoms with Crippen molar-refractivity contribution in [3.05, 3.63) is 0 Å². The van der Waals surface area contributed by atoms with Crippen LogP contribution in [0.2, 0.25) is 0 Å². The van der Waals surface area contributed by atoms with E-state index in [0.717, 1.165) is 0 Å². The van der Waals surface area contributed by atoms with Crippen LogP contribution in [0.4, 0.5) is 0 Å². The molecule has 0 saturated heterocycles. The first kappa shape index (κ1) is 14.3. The van der Waals surface area contributed by atoms with Crippen molar-refractivity contribution in [3.8, 4) is 0 Å². The van der Waals surface area contributed by atoms with Crippen LogP contribution < -0.4 is 5.73 Å². The number of ether oxygens (including phenoxy) is 3. The molecule has 90 valence electrons. The molecule has 0 saturated carbocycles. The van der Waals surface area contributed by atoms with Crippen LogP contribution in [0.15, 0.2) is 0 Å². The van der Waals surface area contributed by atoms with E-state index in [2.05, 4.69) is 0 Å². The summed E-state index contributed by atoms with van der Waals surface area (Å²) in [6, 6.07) is -0.501. The molecule has 0 aliphatic carbocycles. The molecule has 0 rings (SSSR count). The fraction of sp³-hybridized carbons (Fsp3) is 0.900. The lowest BCUT2D eigenvalue weighted by Gasteiger charge is -2.09. The van der Waals surface area contributed by atoms with Crippen molar-refractivity contribution < 1.29 is 19.0 Å². The molecule has 0 aliphatic heterocycles. The van der Waals surface area contributed by atoms with Gasteiger partial charge in [-0.05, 0) is 6.42 Å². The Balaban J connectivity index is 3.20. The summed E-state index contributed by atoms with van der Waals surface area (Å²) in [5.74, 6) is -0.339. The van der Waals surface area contributed by atoms with Gasteiger partial charge in [0.25, 0.3) is 0 Å². The van der Waals surface area contributed by atoms with Crippen molar-refractivity contribution in [3.63, 3.8) is 0 Å². The quantitative estimate of drug-likeness (QED) is 0.446. The molecule has 0 fully saturated rings. The lowest BCUT2D eigenvalue weighted by atomic mass is 10.2. The first-order valence-electron chi connectivity index (χ1n) is 5.21. The molecule has 5 nitrogen and oxygen atoms in total. The van der Waals surface area contributed by atoms with Gasteiger partial charge in [0.15, 0.2) is 0 Å². The Labute approximate surface area is 90.9 Å². The van der Waals surface area contributed by atoms with E-state index < -0.39 is 6.04 Å². The third-order valence-corrected chi connectivity index (χ3v) is 1.85. The highest BCUT2D eigenvalue weighted by Crippen LogP contribution is 1.92. The van der Waals surface area contributed by atoms with Crippen LogP contribution in [0.5, 0.6) is 0 Å². The molecule has 0 bridgehead atoms. The minimum atomic E-state index is -0.501. The minimum Gasteiger partial charge on any atom is -0.464 e. The van der Waals surface area contributed by atoms with Gasteiger partial charge in [-0.2, -0.15) is 0 Å². The molecule has 1 atom stereocenters. The highest BCUT2D eigenvalue weighted by molar-refractivity contribution is 5.75. The number of rotatable bonds is 9. The summed E-state index contributed by atoms with van der Waals surface area (Å²) in [6.07, 6.45) is 1.29. The molecule has 0 unspecified atom stereocenters. The van der Waals surface area contributed by atoms with Gasteiger partial charge in [0, 0.05) is 20.1 Å². The van der Waals surface area contributed by atoms with Crippen molar-refractivity contribution in [1.82, 2.24) is 0 Å². The van der Waals surface area contributed by atoms with E-state index >= 15 is 0 Å². The maximum absolute atomic E-state index is 11.1. The van der Waals surface area contributed by atoms with Crippen molar-refractivity contribution in [2.24, 2.45) is 5.73 Å². The van der Waals surface area contributed by atoms with Crippen LogP contribution in [0.1, 0.15) is 19.8 Å². The maximum atomic E-state index is 11.1. The predicted octanol–water partition coefficient (Wildman–Crippen LogP) is 0.320.